The summed E-state index contributed by atoms with van der Waals surface area (Å²) in [5.74, 6) is -1.10. The summed E-state index contributed by atoms with van der Waals surface area (Å²) < 4.78 is 26.2. The van der Waals surface area contributed by atoms with Gasteiger partial charge < -0.3 is 33.9 Å². The molecule has 2 N–H and O–H groups in total. The Morgan fingerprint density at radius 3 is 1.95 bits per heavy atom. The summed E-state index contributed by atoms with van der Waals surface area (Å²) in [6.07, 6.45) is 4.16. The van der Waals surface area contributed by atoms with Crippen LogP contribution in [-0.4, -0.2) is 79.2 Å². The van der Waals surface area contributed by atoms with E-state index in [4.69, 9.17) is 23.7 Å². The molecule has 0 radical (unpaired) electrons. The highest BCUT2D eigenvalue weighted by molar-refractivity contribution is 5.89. The molecular weight excluding hydrogens is 532 g/mol. The normalized spacial score (nSPS) is 19.0. The smallest absolute Gasteiger partial charge is 0.338 e. The Bertz CT molecular complexity index is 944. The summed E-state index contributed by atoms with van der Waals surface area (Å²) in [7, 11) is 0. The summed E-state index contributed by atoms with van der Waals surface area (Å²) in [6, 6.07) is 7.45. The quantitative estimate of drug-likeness (QED) is 0.151. The maximum Gasteiger partial charge on any atom is 0.338 e. The number of hydrogen-bond donors (Lipinski definition) is 2. The summed E-state index contributed by atoms with van der Waals surface area (Å²) in [5, 5.41) is 19.9. The Hall–Kier alpha value is -3.05. The number of ether oxygens (including phenoxy) is 5. The molecule has 0 spiro atoms. The van der Waals surface area contributed by atoms with Gasteiger partial charge in [0.25, 0.3) is 6.29 Å². The van der Waals surface area contributed by atoms with Gasteiger partial charge >= 0.3 is 17.9 Å². The molecule has 0 heterocycles. The van der Waals surface area contributed by atoms with Crippen LogP contribution in [0.15, 0.2) is 49.6 Å². The van der Waals surface area contributed by atoms with Gasteiger partial charge in [-0.3, -0.25) is 0 Å². The average molecular weight is 577 g/mol. The van der Waals surface area contributed by atoms with Crippen LogP contribution in [0.3, 0.4) is 0 Å². The summed E-state index contributed by atoms with van der Waals surface area (Å²) in [5.41, 5.74) is 1.59. The zero-order valence-corrected chi connectivity index (χ0v) is 24.1. The second kappa shape index (κ2) is 18.4. The van der Waals surface area contributed by atoms with Crippen molar-refractivity contribution in [1.29, 1.82) is 0 Å². The first-order valence-corrected chi connectivity index (χ1v) is 14.1. The van der Waals surface area contributed by atoms with Crippen LogP contribution in [0.2, 0.25) is 0 Å². The number of aliphatic hydroxyl groups excluding tert-OH is 2. The third-order valence-electron chi connectivity index (χ3n) is 6.80. The predicted molar refractivity (Wildman–Crippen MR) is 151 cm³/mol. The van der Waals surface area contributed by atoms with Gasteiger partial charge in [0, 0.05) is 12.2 Å². The van der Waals surface area contributed by atoms with Gasteiger partial charge in [0.2, 0.25) is 0 Å². The second-order valence-electron chi connectivity index (χ2n) is 10.3. The molecule has 1 aliphatic rings. The van der Waals surface area contributed by atoms with Crippen LogP contribution >= 0.6 is 0 Å². The highest BCUT2D eigenvalue weighted by Gasteiger charge is 2.28. The first kappa shape index (κ1) is 34.2. The number of rotatable bonds is 18. The van der Waals surface area contributed by atoms with Gasteiger partial charge in [-0.15, -0.1) is 0 Å². The number of hydrogen-bond acceptors (Lipinski definition) is 10. The first-order chi connectivity index (χ1) is 19.7. The molecule has 0 saturated heterocycles. The molecule has 0 aliphatic heterocycles. The molecule has 3 unspecified atom stereocenters. The fourth-order valence-electron chi connectivity index (χ4n) is 4.69. The van der Waals surface area contributed by atoms with Gasteiger partial charge in [-0.25, -0.2) is 14.4 Å². The van der Waals surface area contributed by atoms with Gasteiger partial charge in [-0.2, -0.15) is 0 Å². The molecule has 1 aromatic carbocycles. The molecule has 3 atom stereocenters. The minimum Gasteiger partial charge on any atom is -0.454 e. The lowest BCUT2D eigenvalue weighted by Gasteiger charge is -2.28. The number of esters is 3. The number of aliphatic hydroxyl groups is 2. The van der Waals surface area contributed by atoms with E-state index in [1.54, 1.807) is 19.1 Å². The fraction of sp³-hybridized carbons (Fsp3) is 0.581. The van der Waals surface area contributed by atoms with E-state index in [1.807, 2.05) is 12.1 Å². The van der Waals surface area contributed by atoms with Crippen molar-refractivity contribution in [3.05, 3.63) is 60.7 Å². The van der Waals surface area contributed by atoms with Crippen molar-refractivity contribution in [2.24, 2.45) is 5.92 Å². The SMILES string of the molecule is C=CC(=O)OC(OC(=O)C=C)C(O)COCC(COCC(C)O)OC(=O)c1ccc(C2CCC(CCC)CC2)cc1. The Labute approximate surface area is 242 Å². The zero-order valence-electron chi connectivity index (χ0n) is 24.1. The van der Waals surface area contributed by atoms with E-state index >= 15 is 0 Å². The van der Waals surface area contributed by atoms with Crippen molar-refractivity contribution >= 4 is 17.9 Å². The minimum atomic E-state index is -1.67. The zero-order chi connectivity index (χ0) is 30.2. The molecule has 41 heavy (non-hydrogen) atoms. The van der Waals surface area contributed by atoms with E-state index in [1.165, 1.54) is 31.2 Å². The van der Waals surface area contributed by atoms with Crippen LogP contribution in [-0.2, 0) is 33.3 Å². The van der Waals surface area contributed by atoms with E-state index in [2.05, 4.69) is 20.1 Å². The standard InChI is InChI=1S/C31H44O10/c1-5-8-22-9-11-23(12-10-22)24-13-15-25(16-14-24)30(36)39-26(18-37-17-21(4)32)19-38-20-27(33)31(40-28(34)6-2)41-29(35)7-3/h6-7,13-16,21-23,26-27,31-33H,2-3,5,8-12,17-20H2,1,4H3. The molecule has 1 aromatic rings. The lowest BCUT2D eigenvalue weighted by Crippen LogP contribution is -2.39. The van der Waals surface area contributed by atoms with Crippen molar-refractivity contribution < 1.29 is 48.3 Å². The summed E-state index contributed by atoms with van der Waals surface area (Å²) >= 11 is 0. The molecule has 0 aromatic heterocycles. The van der Waals surface area contributed by atoms with Crippen LogP contribution in [0.4, 0.5) is 0 Å². The van der Waals surface area contributed by atoms with Crippen molar-refractivity contribution in [3.63, 3.8) is 0 Å². The maximum atomic E-state index is 12.9. The van der Waals surface area contributed by atoms with E-state index in [0.29, 0.717) is 11.5 Å². The van der Waals surface area contributed by atoms with E-state index in [9.17, 15) is 24.6 Å². The molecular formula is C31H44O10. The van der Waals surface area contributed by atoms with E-state index < -0.39 is 49.1 Å². The van der Waals surface area contributed by atoms with Gasteiger partial charge in [0.05, 0.1) is 38.1 Å². The summed E-state index contributed by atoms with van der Waals surface area (Å²) in [4.78, 5) is 36.0. The van der Waals surface area contributed by atoms with E-state index in [0.717, 1.165) is 30.9 Å². The molecule has 1 fully saturated rings. The average Bonchev–Trinajstić information content (AvgIpc) is 2.96. The van der Waals surface area contributed by atoms with Crippen molar-refractivity contribution in [3.8, 4) is 0 Å². The molecule has 2 rings (SSSR count). The predicted octanol–water partition coefficient (Wildman–Crippen LogP) is 3.85. The Morgan fingerprint density at radius 2 is 1.44 bits per heavy atom. The van der Waals surface area contributed by atoms with Gasteiger partial charge in [-0.1, -0.05) is 45.1 Å². The fourth-order valence-corrected chi connectivity index (χ4v) is 4.69. The Morgan fingerprint density at radius 1 is 0.878 bits per heavy atom. The second-order valence-corrected chi connectivity index (χ2v) is 10.3. The van der Waals surface area contributed by atoms with Crippen molar-refractivity contribution in [1.82, 2.24) is 0 Å². The van der Waals surface area contributed by atoms with Gasteiger partial charge in [0.15, 0.2) is 6.10 Å². The van der Waals surface area contributed by atoms with Crippen LogP contribution in [0, 0.1) is 5.92 Å². The molecule has 228 valence electrons. The van der Waals surface area contributed by atoms with E-state index in [-0.39, 0.29) is 19.8 Å². The Kier molecular flexibility index (Phi) is 15.3. The number of carbonyl (C=O) groups is 3. The monoisotopic (exact) mass is 576 g/mol. The highest BCUT2D eigenvalue weighted by atomic mass is 16.7. The third-order valence-corrected chi connectivity index (χ3v) is 6.80. The number of carbonyl (C=O) groups excluding carboxylic acids is 3. The molecule has 1 saturated carbocycles. The summed E-state index contributed by atoms with van der Waals surface area (Å²) in [6.45, 7) is 9.62. The third kappa shape index (κ3) is 12.6. The van der Waals surface area contributed by atoms with Crippen LogP contribution in [0.1, 0.15) is 74.2 Å². The van der Waals surface area contributed by atoms with Gasteiger partial charge in [-0.05, 0) is 62.1 Å². The van der Waals surface area contributed by atoms with Crippen LogP contribution < -0.4 is 0 Å². The number of benzene rings is 1. The first-order valence-electron chi connectivity index (χ1n) is 14.1. The van der Waals surface area contributed by atoms with Crippen molar-refractivity contribution in [2.45, 2.75) is 82.9 Å². The van der Waals surface area contributed by atoms with Crippen LogP contribution in [0.5, 0.6) is 0 Å². The largest absolute Gasteiger partial charge is 0.454 e. The molecule has 0 amide bonds. The Balaban J connectivity index is 1.96. The molecule has 0 bridgehead atoms. The molecule has 1 aliphatic carbocycles. The topological polar surface area (TPSA) is 138 Å². The molecule has 10 nitrogen and oxygen atoms in total. The lowest BCUT2D eigenvalue weighted by atomic mass is 9.77. The highest BCUT2D eigenvalue weighted by Crippen LogP contribution is 2.37. The van der Waals surface area contributed by atoms with Crippen LogP contribution in [0.25, 0.3) is 0 Å². The lowest BCUT2D eigenvalue weighted by molar-refractivity contribution is -0.206. The molecule has 10 heteroatoms. The van der Waals surface area contributed by atoms with Crippen molar-refractivity contribution in [2.75, 3.05) is 26.4 Å². The minimum absolute atomic E-state index is 0.0168. The maximum absolute atomic E-state index is 12.9. The van der Waals surface area contributed by atoms with Gasteiger partial charge in [0.1, 0.15) is 6.10 Å².